The molecule has 3 aromatic rings. The Morgan fingerprint density at radius 3 is 1.58 bits per heavy atom. The van der Waals surface area contributed by atoms with E-state index in [1.807, 2.05) is 24.3 Å². The van der Waals surface area contributed by atoms with E-state index in [9.17, 15) is 0 Å². The predicted molar refractivity (Wildman–Crippen MR) is 93.5 cm³/mol. The summed E-state index contributed by atoms with van der Waals surface area (Å²) in [5.74, 6) is 1.75. The van der Waals surface area contributed by atoms with Gasteiger partial charge in [-0.15, -0.1) is 0 Å². The van der Waals surface area contributed by atoms with E-state index in [4.69, 9.17) is 9.47 Å². The minimum absolute atomic E-state index is 0.167. The Balaban J connectivity index is 1.30. The van der Waals surface area contributed by atoms with Gasteiger partial charge in [-0.05, 0) is 34.4 Å². The van der Waals surface area contributed by atoms with Gasteiger partial charge in [0, 0.05) is 18.9 Å². The molecule has 0 fully saturated rings. The first-order valence-corrected chi connectivity index (χ1v) is 8.46. The fraction of sp³-hybridized carbons (Fsp3) is 0.182. The largest absolute Gasteiger partial charge is 0.485 e. The minimum atomic E-state index is 0.167. The van der Waals surface area contributed by atoms with Crippen LogP contribution >= 0.6 is 0 Å². The molecule has 0 spiro atoms. The van der Waals surface area contributed by atoms with Gasteiger partial charge in [-0.3, -0.25) is 0 Å². The summed E-state index contributed by atoms with van der Waals surface area (Å²) in [6.45, 7) is 0. The zero-order chi connectivity index (χ0) is 15.9. The standard InChI is InChI=1S/C22H18O2/c1-3-10-19-15(6-1)12-21(19)23-17-8-5-9-18(14-17)24-22-13-16-7-2-4-11-20(16)22/h1-11,14,21-22H,12-13H2. The Hall–Kier alpha value is -2.74. The van der Waals surface area contributed by atoms with Crippen molar-refractivity contribution in [3.63, 3.8) is 0 Å². The van der Waals surface area contributed by atoms with Crippen LogP contribution in [0.4, 0.5) is 0 Å². The molecule has 2 aliphatic carbocycles. The Bertz CT molecular complexity index is 829. The minimum Gasteiger partial charge on any atom is -0.485 e. The molecule has 2 aliphatic rings. The van der Waals surface area contributed by atoms with Gasteiger partial charge in [0.1, 0.15) is 23.7 Å². The van der Waals surface area contributed by atoms with E-state index in [1.54, 1.807) is 0 Å². The van der Waals surface area contributed by atoms with Crippen LogP contribution in [0, 0.1) is 0 Å². The van der Waals surface area contributed by atoms with Crippen molar-refractivity contribution in [3.8, 4) is 11.5 Å². The van der Waals surface area contributed by atoms with E-state index in [0.717, 1.165) is 24.3 Å². The number of hydrogen-bond acceptors (Lipinski definition) is 2. The quantitative estimate of drug-likeness (QED) is 0.672. The Morgan fingerprint density at radius 2 is 1.08 bits per heavy atom. The smallest absolute Gasteiger partial charge is 0.128 e. The normalized spacial score (nSPS) is 20.2. The third-order valence-electron chi connectivity index (χ3n) is 4.98. The van der Waals surface area contributed by atoms with Crippen LogP contribution in [0.1, 0.15) is 34.5 Å². The van der Waals surface area contributed by atoms with Crippen LogP contribution in [0.2, 0.25) is 0 Å². The van der Waals surface area contributed by atoms with Crippen molar-refractivity contribution in [3.05, 3.63) is 95.1 Å². The van der Waals surface area contributed by atoms with Gasteiger partial charge in [0.15, 0.2) is 0 Å². The SMILES string of the molecule is c1cc(OC2Cc3ccccc32)cc(OC2Cc3ccccc32)c1. The van der Waals surface area contributed by atoms with Crippen molar-refractivity contribution in [1.82, 2.24) is 0 Å². The average molecular weight is 314 g/mol. The second kappa shape index (κ2) is 5.41. The fourth-order valence-electron chi connectivity index (χ4n) is 3.59. The van der Waals surface area contributed by atoms with Crippen molar-refractivity contribution < 1.29 is 9.47 Å². The second-order valence-electron chi connectivity index (χ2n) is 6.49. The lowest BCUT2D eigenvalue weighted by atomic mass is 9.85. The number of fused-ring (bicyclic) bond motifs is 2. The number of benzene rings is 3. The van der Waals surface area contributed by atoms with Crippen molar-refractivity contribution in [2.75, 3.05) is 0 Å². The molecule has 2 heteroatoms. The first-order valence-electron chi connectivity index (χ1n) is 8.46. The molecular formula is C22H18O2. The van der Waals surface area contributed by atoms with Gasteiger partial charge < -0.3 is 9.47 Å². The van der Waals surface area contributed by atoms with Gasteiger partial charge in [-0.2, -0.15) is 0 Å². The average Bonchev–Trinajstić information content (AvgIpc) is 2.58. The topological polar surface area (TPSA) is 18.5 Å². The molecule has 118 valence electrons. The second-order valence-corrected chi connectivity index (χ2v) is 6.49. The van der Waals surface area contributed by atoms with Crippen LogP contribution in [-0.2, 0) is 12.8 Å². The molecule has 0 amide bonds. The molecule has 2 nitrogen and oxygen atoms in total. The van der Waals surface area contributed by atoms with Crippen LogP contribution in [0.25, 0.3) is 0 Å². The van der Waals surface area contributed by atoms with E-state index in [2.05, 4.69) is 48.5 Å². The summed E-state index contributed by atoms with van der Waals surface area (Å²) in [6.07, 6.45) is 2.30. The summed E-state index contributed by atoms with van der Waals surface area (Å²) >= 11 is 0. The molecule has 0 saturated heterocycles. The Kier molecular flexibility index (Phi) is 3.08. The van der Waals surface area contributed by atoms with Gasteiger partial charge in [0.05, 0.1) is 0 Å². The first-order chi connectivity index (χ1) is 11.9. The molecular weight excluding hydrogens is 296 g/mol. The summed E-state index contributed by atoms with van der Waals surface area (Å²) in [4.78, 5) is 0. The maximum absolute atomic E-state index is 6.14. The third-order valence-corrected chi connectivity index (χ3v) is 4.98. The molecule has 2 unspecified atom stereocenters. The fourth-order valence-corrected chi connectivity index (χ4v) is 3.59. The Labute approximate surface area is 141 Å². The van der Waals surface area contributed by atoms with Crippen molar-refractivity contribution in [2.24, 2.45) is 0 Å². The maximum atomic E-state index is 6.14. The van der Waals surface area contributed by atoms with Gasteiger partial charge in [0.2, 0.25) is 0 Å². The summed E-state index contributed by atoms with van der Waals surface area (Å²) in [7, 11) is 0. The van der Waals surface area contributed by atoms with E-state index in [-0.39, 0.29) is 12.2 Å². The van der Waals surface area contributed by atoms with Gasteiger partial charge >= 0.3 is 0 Å². The lowest BCUT2D eigenvalue weighted by Crippen LogP contribution is -2.23. The molecule has 3 aromatic carbocycles. The zero-order valence-electron chi connectivity index (χ0n) is 13.3. The molecule has 0 radical (unpaired) electrons. The molecule has 0 bridgehead atoms. The Morgan fingerprint density at radius 1 is 0.583 bits per heavy atom. The van der Waals surface area contributed by atoms with Crippen molar-refractivity contribution in [1.29, 1.82) is 0 Å². The lowest BCUT2D eigenvalue weighted by Gasteiger charge is -2.32. The lowest BCUT2D eigenvalue weighted by molar-refractivity contribution is 0.170. The molecule has 5 rings (SSSR count). The molecule has 24 heavy (non-hydrogen) atoms. The number of ether oxygens (including phenoxy) is 2. The molecule has 0 N–H and O–H groups in total. The highest BCUT2D eigenvalue weighted by atomic mass is 16.5. The van der Waals surface area contributed by atoms with E-state index in [1.165, 1.54) is 22.3 Å². The molecule has 2 atom stereocenters. The highest BCUT2D eigenvalue weighted by Gasteiger charge is 2.28. The van der Waals surface area contributed by atoms with Crippen LogP contribution in [0.3, 0.4) is 0 Å². The summed E-state index contributed by atoms with van der Waals surface area (Å²) in [6, 6.07) is 25.0. The highest BCUT2D eigenvalue weighted by Crippen LogP contribution is 2.39. The van der Waals surface area contributed by atoms with Crippen LogP contribution in [0.5, 0.6) is 11.5 Å². The van der Waals surface area contributed by atoms with Gasteiger partial charge in [-0.1, -0.05) is 54.6 Å². The summed E-state index contributed by atoms with van der Waals surface area (Å²) in [5, 5.41) is 0. The summed E-state index contributed by atoms with van der Waals surface area (Å²) < 4.78 is 12.3. The summed E-state index contributed by atoms with van der Waals surface area (Å²) in [5.41, 5.74) is 5.38. The number of hydrogen-bond donors (Lipinski definition) is 0. The van der Waals surface area contributed by atoms with Crippen molar-refractivity contribution >= 4 is 0 Å². The third kappa shape index (κ3) is 2.26. The molecule has 0 heterocycles. The zero-order valence-corrected chi connectivity index (χ0v) is 13.3. The van der Waals surface area contributed by atoms with E-state index >= 15 is 0 Å². The maximum Gasteiger partial charge on any atom is 0.128 e. The monoisotopic (exact) mass is 314 g/mol. The first kappa shape index (κ1) is 13.7. The van der Waals surface area contributed by atoms with Crippen LogP contribution in [0.15, 0.2) is 72.8 Å². The van der Waals surface area contributed by atoms with E-state index < -0.39 is 0 Å². The highest BCUT2D eigenvalue weighted by molar-refractivity contribution is 5.42. The predicted octanol–water partition coefficient (Wildman–Crippen LogP) is 5.04. The number of rotatable bonds is 4. The molecule has 0 aromatic heterocycles. The van der Waals surface area contributed by atoms with Gasteiger partial charge in [-0.25, -0.2) is 0 Å². The van der Waals surface area contributed by atoms with Crippen LogP contribution < -0.4 is 9.47 Å². The van der Waals surface area contributed by atoms with Gasteiger partial charge in [0.25, 0.3) is 0 Å². The van der Waals surface area contributed by atoms with E-state index in [0.29, 0.717) is 0 Å². The van der Waals surface area contributed by atoms with Crippen molar-refractivity contribution in [2.45, 2.75) is 25.0 Å². The van der Waals surface area contributed by atoms with Crippen LogP contribution in [-0.4, -0.2) is 0 Å². The molecule has 0 aliphatic heterocycles. The molecule has 0 saturated carbocycles.